The van der Waals surface area contributed by atoms with E-state index in [0.717, 1.165) is 5.69 Å². The van der Waals surface area contributed by atoms with Crippen LogP contribution in [0.1, 0.15) is 19.0 Å². The summed E-state index contributed by atoms with van der Waals surface area (Å²) in [6.07, 6.45) is 2.43. The molecule has 0 saturated heterocycles. The van der Waals surface area contributed by atoms with E-state index in [0.29, 0.717) is 32.0 Å². The maximum atomic E-state index is 11.2. The minimum Gasteiger partial charge on any atom is -0.356 e. The predicted molar refractivity (Wildman–Crippen MR) is 84.5 cm³/mol. The average Bonchev–Trinajstić information content (AvgIpc) is 2.51. The number of aromatic nitrogens is 1. The molecule has 0 atom stereocenters. The summed E-state index contributed by atoms with van der Waals surface area (Å²) in [6.45, 7) is 3.25. The van der Waals surface area contributed by atoms with Gasteiger partial charge in [-0.15, -0.1) is 0 Å². The topological polar surface area (TPSA) is 95.5 Å². The highest BCUT2D eigenvalue weighted by Gasteiger charge is 2.04. The van der Waals surface area contributed by atoms with E-state index in [1.807, 2.05) is 18.2 Å². The number of rotatable bonds is 8. The monoisotopic (exact) mass is 313 g/mol. The van der Waals surface area contributed by atoms with E-state index in [2.05, 4.69) is 25.3 Å². The first kappa shape index (κ1) is 17.4. The Morgan fingerprint density at radius 3 is 2.71 bits per heavy atom. The first-order chi connectivity index (χ1) is 10.1. The summed E-state index contributed by atoms with van der Waals surface area (Å²) in [5, 5.41) is 6.26. The van der Waals surface area contributed by atoms with Gasteiger partial charge < -0.3 is 10.6 Å². The van der Waals surface area contributed by atoms with Gasteiger partial charge in [-0.25, -0.2) is 13.1 Å². The molecule has 0 unspecified atom stereocenters. The van der Waals surface area contributed by atoms with Crippen LogP contribution in [0.15, 0.2) is 29.4 Å². The highest BCUT2D eigenvalue weighted by atomic mass is 32.2. The molecular formula is C13H23N5O2S. The van der Waals surface area contributed by atoms with Gasteiger partial charge in [-0.1, -0.05) is 6.07 Å². The number of guanidine groups is 1. The van der Waals surface area contributed by atoms with Crippen molar-refractivity contribution in [2.75, 3.05) is 25.9 Å². The molecule has 1 heterocycles. The lowest BCUT2D eigenvalue weighted by atomic mass is 10.3. The van der Waals surface area contributed by atoms with E-state index in [-0.39, 0.29) is 5.75 Å². The van der Waals surface area contributed by atoms with Crippen LogP contribution in [0.25, 0.3) is 0 Å². The van der Waals surface area contributed by atoms with E-state index < -0.39 is 10.0 Å². The van der Waals surface area contributed by atoms with Gasteiger partial charge in [0.1, 0.15) is 0 Å². The van der Waals surface area contributed by atoms with Crippen molar-refractivity contribution in [2.45, 2.75) is 19.9 Å². The van der Waals surface area contributed by atoms with Crippen LogP contribution in [0.4, 0.5) is 0 Å². The SMILES string of the molecule is CCS(=O)(=O)NCCCNC(=NC)NCc1ccccn1. The van der Waals surface area contributed by atoms with Gasteiger partial charge in [-0.2, -0.15) is 0 Å². The Morgan fingerprint density at radius 1 is 1.29 bits per heavy atom. The molecule has 3 N–H and O–H groups in total. The lowest BCUT2D eigenvalue weighted by Crippen LogP contribution is -2.38. The Hall–Kier alpha value is -1.67. The van der Waals surface area contributed by atoms with Crippen LogP contribution in [0.2, 0.25) is 0 Å². The number of hydrogen-bond donors (Lipinski definition) is 3. The Bertz CT molecular complexity index is 531. The minimum absolute atomic E-state index is 0.105. The molecule has 1 rings (SSSR count). The molecule has 0 fully saturated rings. The minimum atomic E-state index is -3.10. The van der Waals surface area contributed by atoms with Crippen LogP contribution < -0.4 is 15.4 Å². The second-order valence-corrected chi connectivity index (χ2v) is 6.42. The third kappa shape index (κ3) is 7.62. The van der Waals surface area contributed by atoms with Crippen molar-refractivity contribution in [3.63, 3.8) is 0 Å². The molecular weight excluding hydrogens is 290 g/mol. The fraction of sp³-hybridized carbons (Fsp3) is 0.538. The van der Waals surface area contributed by atoms with Gasteiger partial charge in [0, 0.05) is 26.3 Å². The fourth-order valence-electron chi connectivity index (χ4n) is 1.52. The summed E-state index contributed by atoms with van der Waals surface area (Å²) in [7, 11) is -1.42. The summed E-state index contributed by atoms with van der Waals surface area (Å²) in [5.41, 5.74) is 0.927. The Balaban J connectivity index is 2.20. The summed E-state index contributed by atoms with van der Waals surface area (Å²) < 4.78 is 25.0. The van der Waals surface area contributed by atoms with Crippen molar-refractivity contribution in [3.05, 3.63) is 30.1 Å². The van der Waals surface area contributed by atoms with Gasteiger partial charge in [-0.05, 0) is 25.5 Å². The molecule has 118 valence electrons. The second-order valence-electron chi connectivity index (χ2n) is 4.32. The number of sulfonamides is 1. The number of nitrogens with zero attached hydrogens (tertiary/aromatic N) is 2. The molecule has 0 aliphatic carbocycles. The smallest absolute Gasteiger partial charge is 0.211 e. The molecule has 0 aromatic carbocycles. The van der Waals surface area contributed by atoms with Crippen molar-refractivity contribution in [1.29, 1.82) is 0 Å². The van der Waals surface area contributed by atoms with E-state index in [4.69, 9.17) is 0 Å². The van der Waals surface area contributed by atoms with Crippen molar-refractivity contribution >= 4 is 16.0 Å². The molecule has 8 heteroatoms. The van der Waals surface area contributed by atoms with Gasteiger partial charge in [0.25, 0.3) is 0 Å². The third-order valence-electron chi connectivity index (χ3n) is 2.73. The van der Waals surface area contributed by atoms with E-state index in [9.17, 15) is 8.42 Å². The first-order valence-corrected chi connectivity index (χ1v) is 8.54. The molecule has 0 saturated carbocycles. The molecule has 7 nitrogen and oxygen atoms in total. The Morgan fingerprint density at radius 2 is 2.10 bits per heavy atom. The molecule has 0 amide bonds. The van der Waals surface area contributed by atoms with Crippen LogP contribution in [0.3, 0.4) is 0 Å². The summed E-state index contributed by atoms with van der Waals surface area (Å²) in [5.74, 6) is 0.771. The number of aliphatic imine (C=N–C) groups is 1. The van der Waals surface area contributed by atoms with Crippen LogP contribution in [0, 0.1) is 0 Å². The van der Waals surface area contributed by atoms with E-state index in [1.165, 1.54) is 0 Å². The van der Waals surface area contributed by atoms with Gasteiger partial charge in [-0.3, -0.25) is 9.98 Å². The maximum Gasteiger partial charge on any atom is 0.211 e. The average molecular weight is 313 g/mol. The summed E-state index contributed by atoms with van der Waals surface area (Å²) >= 11 is 0. The Kier molecular flexibility index (Phi) is 7.70. The molecule has 1 aromatic heterocycles. The van der Waals surface area contributed by atoms with E-state index >= 15 is 0 Å². The van der Waals surface area contributed by atoms with E-state index in [1.54, 1.807) is 20.2 Å². The number of hydrogen-bond acceptors (Lipinski definition) is 4. The molecule has 0 aliphatic rings. The van der Waals surface area contributed by atoms with Crippen LogP contribution >= 0.6 is 0 Å². The van der Waals surface area contributed by atoms with Crippen LogP contribution in [-0.4, -0.2) is 45.3 Å². The zero-order valence-corrected chi connectivity index (χ0v) is 13.3. The molecule has 21 heavy (non-hydrogen) atoms. The Labute approximate surface area is 126 Å². The largest absolute Gasteiger partial charge is 0.356 e. The van der Waals surface area contributed by atoms with Gasteiger partial charge in [0.15, 0.2) is 5.96 Å². The second kappa shape index (κ2) is 9.30. The summed E-state index contributed by atoms with van der Waals surface area (Å²) in [6, 6.07) is 5.73. The maximum absolute atomic E-state index is 11.2. The third-order valence-corrected chi connectivity index (χ3v) is 4.14. The normalized spacial score (nSPS) is 12.2. The van der Waals surface area contributed by atoms with Crippen molar-refractivity contribution in [3.8, 4) is 0 Å². The van der Waals surface area contributed by atoms with Crippen LogP contribution in [0.5, 0.6) is 0 Å². The zero-order valence-electron chi connectivity index (χ0n) is 12.5. The lowest BCUT2D eigenvalue weighted by molar-refractivity contribution is 0.579. The number of nitrogens with one attached hydrogen (secondary N) is 3. The molecule has 0 radical (unpaired) electrons. The quantitative estimate of drug-likeness (QED) is 0.359. The standard InChI is InChI=1S/C13H23N5O2S/c1-3-21(19,20)18-10-6-9-16-13(14-2)17-11-12-7-4-5-8-15-12/h4-5,7-8,18H,3,6,9-11H2,1-2H3,(H2,14,16,17). The van der Waals surface area contributed by atoms with Gasteiger partial charge in [0.2, 0.25) is 10.0 Å². The van der Waals surface area contributed by atoms with Crippen molar-refractivity contribution in [2.24, 2.45) is 4.99 Å². The number of pyridine rings is 1. The molecule has 0 bridgehead atoms. The van der Waals surface area contributed by atoms with Gasteiger partial charge >= 0.3 is 0 Å². The first-order valence-electron chi connectivity index (χ1n) is 6.89. The summed E-state index contributed by atoms with van der Waals surface area (Å²) in [4.78, 5) is 8.30. The fourth-order valence-corrected chi connectivity index (χ4v) is 2.18. The zero-order chi connectivity index (χ0) is 15.6. The van der Waals surface area contributed by atoms with Gasteiger partial charge in [0.05, 0.1) is 18.0 Å². The predicted octanol–water partition coefficient (Wildman–Crippen LogP) is 0.0760. The lowest BCUT2D eigenvalue weighted by Gasteiger charge is -2.11. The highest BCUT2D eigenvalue weighted by Crippen LogP contribution is 1.91. The molecule has 0 aliphatic heterocycles. The van der Waals surface area contributed by atoms with Crippen LogP contribution in [-0.2, 0) is 16.6 Å². The van der Waals surface area contributed by atoms with Crippen molar-refractivity contribution < 1.29 is 8.42 Å². The highest BCUT2D eigenvalue weighted by molar-refractivity contribution is 7.89. The molecule has 1 aromatic rings. The van der Waals surface area contributed by atoms with Crippen molar-refractivity contribution in [1.82, 2.24) is 20.3 Å². The molecule has 0 spiro atoms.